The van der Waals surface area contributed by atoms with Crippen LogP contribution in [0.3, 0.4) is 0 Å². The number of piperazine rings is 1. The van der Waals surface area contributed by atoms with Crippen LogP contribution >= 0.6 is 0 Å². The largest absolute Gasteiger partial charge is 0.497 e. The Kier molecular flexibility index (Phi) is 6.54. The van der Waals surface area contributed by atoms with Gasteiger partial charge in [0.25, 0.3) is 5.91 Å². The molecule has 188 valence electrons. The SMILES string of the molecule is COc1ccc2c(C)c(CCC(=O)N3CCN(C(=O)[C@@H]4COc5ccccc5O4)CC3)c(=O)oc2c1. The highest BCUT2D eigenvalue weighted by molar-refractivity contribution is 5.84. The fourth-order valence-electron chi connectivity index (χ4n) is 4.70. The number of hydrogen-bond acceptors (Lipinski definition) is 7. The van der Waals surface area contributed by atoms with Crippen LogP contribution in [-0.2, 0) is 16.0 Å². The normalized spacial score (nSPS) is 17.2. The zero-order valence-electron chi connectivity index (χ0n) is 20.3. The molecular formula is C27H28N2O7. The van der Waals surface area contributed by atoms with Crippen molar-refractivity contribution >= 4 is 22.8 Å². The first kappa shape index (κ1) is 23.7. The lowest BCUT2D eigenvalue weighted by Gasteiger charge is -2.37. The van der Waals surface area contributed by atoms with Gasteiger partial charge in [-0.25, -0.2) is 4.79 Å². The lowest BCUT2D eigenvalue weighted by molar-refractivity contribution is -0.146. The van der Waals surface area contributed by atoms with E-state index in [0.29, 0.717) is 61.0 Å². The van der Waals surface area contributed by atoms with E-state index in [1.807, 2.05) is 31.2 Å². The topological polar surface area (TPSA) is 98.5 Å². The summed E-state index contributed by atoms with van der Waals surface area (Å²) in [5.74, 6) is 1.61. The van der Waals surface area contributed by atoms with Crippen molar-refractivity contribution in [2.24, 2.45) is 0 Å². The molecule has 0 unspecified atom stereocenters. The van der Waals surface area contributed by atoms with Crippen molar-refractivity contribution in [3.8, 4) is 17.2 Å². The van der Waals surface area contributed by atoms with Crippen LogP contribution in [0.4, 0.5) is 0 Å². The first-order chi connectivity index (χ1) is 17.4. The summed E-state index contributed by atoms with van der Waals surface area (Å²) in [7, 11) is 1.55. The van der Waals surface area contributed by atoms with Crippen molar-refractivity contribution < 1.29 is 28.2 Å². The van der Waals surface area contributed by atoms with Crippen LogP contribution in [0.2, 0.25) is 0 Å². The second kappa shape index (κ2) is 9.93. The van der Waals surface area contributed by atoms with Crippen LogP contribution in [0.25, 0.3) is 11.0 Å². The standard InChI is InChI=1S/C27H28N2O7/c1-17-19-8-7-18(33-2)15-23(19)36-27(32)20(17)9-10-25(30)28-11-13-29(14-12-28)26(31)24-16-34-21-5-3-4-6-22(21)35-24/h3-8,15,24H,9-14,16H2,1-2H3/t24-/m0/s1. The summed E-state index contributed by atoms with van der Waals surface area (Å²) in [6.07, 6.45) is -0.213. The minimum absolute atomic E-state index is 0.0538. The highest BCUT2D eigenvalue weighted by atomic mass is 16.6. The molecule has 3 aromatic rings. The average Bonchev–Trinajstić information content (AvgIpc) is 2.91. The molecule has 0 N–H and O–H groups in total. The molecule has 0 aliphatic carbocycles. The summed E-state index contributed by atoms with van der Waals surface area (Å²) in [4.78, 5) is 41.9. The molecule has 2 aliphatic heterocycles. The van der Waals surface area contributed by atoms with E-state index in [1.54, 1.807) is 35.1 Å². The van der Waals surface area contributed by atoms with Crippen molar-refractivity contribution in [3.63, 3.8) is 0 Å². The summed E-state index contributed by atoms with van der Waals surface area (Å²) in [5, 5.41) is 0.821. The summed E-state index contributed by atoms with van der Waals surface area (Å²) < 4.78 is 22.2. The van der Waals surface area contributed by atoms with Crippen LogP contribution in [-0.4, -0.2) is 67.6 Å². The van der Waals surface area contributed by atoms with Gasteiger partial charge < -0.3 is 28.4 Å². The number of carbonyl (C=O) groups excluding carboxylic acids is 2. The molecule has 1 fully saturated rings. The van der Waals surface area contributed by atoms with Gasteiger partial charge in [0.05, 0.1) is 7.11 Å². The Balaban J connectivity index is 1.16. The molecule has 1 saturated heterocycles. The fraction of sp³-hybridized carbons (Fsp3) is 0.370. The maximum Gasteiger partial charge on any atom is 0.339 e. The van der Waals surface area contributed by atoms with Gasteiger partial charge in [-0.15, -0.1) is 0 Å². The Morgan fingerprint density at radius 2 is 1.75 bits per heavy atom. The Hall–Kier alpha value is -4.01. The third kappa shape index (κ3) is 4.60. The molecule has 0 radical (unpaired) electrons. The predicted molar refractivity (Wildman–Crippen MR) is 132 cm³/mol. The Morgan fingerprint density at radius 3 is 2.50 bits per heavy atom. The molecule has 2 aromatic carbocycles. The van der Waals surface area contributed by atoms with Gasteiger partial charge in [0.1, 0.15) is 17.9 Å². The van der Waals surface area contributed by atoms with Gasteiger partial charge in [0.15, 0.2) is 11.5 Å². The van der Waals surface area contributed by atoms with Crippen LogP contribution in [0.15, 0.2) is 51.7 Å². The molecule has 5 rings (SSSR count). The van der Waals surface area contributed by atoms with Gasteiger partial charge in [-0.1, -0.05) is 12.1 Å². The number of methoxy groups -OCH3 is 1. The van der Waals surface area contributed by atoms with E-state index in [4.69, 9.17) is 18.6 Å². The first-order valence-corrected chi connectivity index (χ1v) is 12.0. The monoisotopic (exact) mass is 492 g/mol. The Morgan fingerprint density at radius 1 is 1.03 bits per heavy atom. The second-order valence-electron chi connectivity index (χ2n) is 8.93. The molecule has 3 heterocycles. The number of amides is 2. The summed E-state index contributed by atoms with van der Waals surface area (Å²) in [6.45, 7) is 3.73. The molecule has 36 heavy (non-hydrogen) atoms. The van der Waals surface area contributed by atoms with Crippen LogP contribution < -0.4 is 19.8 Å². The van der Waals surface area contributed by atoms with Gasteiger partial charge in [-0.05, 0) is 43.2 Å². The van der Waals surface area contributed by atoms with E-state index in [-0.39, 0.29) is 24.8 Å². The number of nitrogens with zero attached hydrogens (tertiary/aromatic N) is 2. The molecule has 0 spiro atoms. The smallest absolute Gasteiger partial charge is 0.339 e. The predicted octanol–water partition coefficient (Wildman–Crippen LogP) is 2.55. The van der Waals surface area contributed by atoms with Crippen molar-refractivity contribution in [3.05, 3.63) is 64.0 Å². The highest BCUT2D eigenvalue weighted by Gasteiger charge is 2.33. The number of para-hydroxylation sites is 2. The zero-order chi connectivity index (χ0) is 25.2. The molecule has 1 atom stereocenters. The molecule has 9 nitrogen and oxygen atoms in total. The van der Waals surface area contributed by atoms with Gasteiger partial charge in [-0.2, -0.15) is 0 Å². The maximum atomic E-state index is 12.9. The number of carbonyl (C=O) groups is 2. The van der Waals surface area contributed by atoms with E-state index in [1.165, 1.54) is 0 Å². The summed E-state index contributed by atoms with van der Waals surface area (Å²) in [6, 6.07) is 12.6. The zero-order valence-corrected chi connectivity index (χ0v) is 20.3. The average molecular weight is 493 g/mol. The number of fused-ring (bicyclic) bond motifs is 2. The van der Waals surface area contributed by atoms with Crippen molar-refractivity contribution in [2.75, 3.05) is 39.9 Å². The fourth-order valence-corrected chi connectivity index (χ4v) is 4.70. The number of rotatable bonds is 5. The van der Waals surface area contributed by atoms with Crippen LogP contribution in [0, 0.1) is 6.92 Å². The maximum absolute atomic E-state index is 12.9. The molecule has 2 aliphatic rings. The second-order valence-corrected chi connectivity index (χ2v) is 8.93. The number of hydrogen-bond donors (Lipinski definition) is 0. The lowest BCUT2D eigenvalue weighted by Crippen LogP contribution is -2.55. The molecule has 0 bridgehead atoms. The van der Waals surface area contributed by atoms with E-state index in [2.05, 4.69) is 0 Å². The summed E-state index contributed by atoms with van der Waals surface area (Å²) >= 11 is 0. The lowest BCUT2D eigenvalue weighted by atomic mass is 10.0. The van der Waals surface area contributed by atoms with Gasteiger partial charge in [0.2, 0.25) is 12.0 Å². The number of aryl methyl sites for hydroxylation is 1. The highest BCUT2D eigenvalue weighted by Crippen LogP contribution is 2.31. The number of benzene rings is 2. The molecule has 2 amide bonds. The minimum Gasteiger partial charge on any atom is -0.497 e. The van der Waals surface area contributed by atoms with Crippen molar-refractivity contribution in [1.82, 2.24) is 9.80 Å². The molecule has 0 saturated carbocycles. The Labute approximate surface area is 208 Å². The van der Waals surface area contributed by atoms with E-state index in [0.717, 1.165) is 10.9 Å². The quantitative estimate of drug-likeness (QED) is 0.505. The first-order valence-electron chi connectivity index (χ1n) is 12.0. The van der Waals surface area contributed by atoms with Gasteiger partial charge in [0, 0.05) is 49.6 Å². The van der Waals surface area contributed by atoms with Crippen molar-refractivity contribution in [1.29, 1.82) is 0 Å². The minimum atomic E-state index is -0.697. The third-order valence-corrected chi connectivity index (χ3v) is 6.81. The van der Waals surface area contributed by atoms with Crippen molar-refractivity contribution in [2.45, 2.75) is 25.9 Å². The molecule has 9 heteroatoms. The Bertz CT molecular complexity index is 1360. The van der Waals surface area contributed by atoms with E-state index < -0.39 is 11.7 Å². The van der Waals surface area contributed by atoms with Gasteiger partial charge in [-0.3, -0.25) is 9.59 Å². The number of ether oxygens (including phenoxy) is 3. The third-order valence-electron chi connectivity index (χ3n) is 6.81. The molecular weight excluding hydrogens is 464 g/mol. The van der Waals surface area contributed by atoms with Crippen LogP contribution in [0.1, 0.15) is 17.5 Å². The summed E-state index contributed by atoms with van der Waals surface area (Å²) in [5.41, 5.74) is 1.34. The van der Waals surface area contributed by atoms with Crippen LogP contribution in [0.5, 0.6) is 17.2 Å². The van der Waals surface area contributed by atoms with Gasteiger partial charge >= 0.3 is 5.63 Å². The molecule has 1 aromatic heterocycles. The van der Waals surface area contributed by atoms with E-state index >= 15 is 0 Å². The van der Waals surface area contributed by atoms with E-state index in [9.17, 15) is 14.4 Å².